The Kier molecular flexibility index (Phi) is 51.0. The van der Waals surface area contributed by atoms with Gasteiger partial charge in [0.2, 0.25) is 0 Å². The van der Waals surface area contributed by atoms with E-state index in [1.807, 2.05) is 0 Å². The van der Waals surface area contributed by atoms with Crippen molar-refractivity contribution in [2.45, 2.75) is 105 Å². The first-order valence-corrected chi connectivity index (χ1v) is 32.8. The van der Waals surface area contributed by atoms with Gasteiger partial charge in [0.1, 0.15) is 43.4 Å². The Balaban J connectivity index is 7.88. The van der Waals surface area contributed by atoms with Crippen molar-refractivity contribution in [2.75, 3.05) is 245 Å². The molecule has 0 saturated heterocycles. The van der Waals surface area contributed by atoms with E-state index in [-0.39, 0.29) is 131 Å². The van der Waals surface area contributed by atoms with Gasteiger partial charge < -0.3 is 99.5 Å². The van der Waals surface area contributed by atoms with E-state index < -0.39 is 179 Å². The fraction of sp³-hybridized carbons (Fsp3) is 0.949. The third-order valence-corrected chi connectivity index (χ3v) is 14.7. The number of methoxy groups -OCH3 is 3. The lowest BCUT2D eigenvalue weighted by molar-refractivity contribution is -0.362. The van der Waals surface area contributed by atoms with Gasteiger partial charge in [0.15, 0.2) is 0 Å². The molecule has 0 aromatic heterocycles. The van der Waals surface area contributed by atoms with Crippen molar-refractivity contribution < 1.29 is 206 Å². The summed E-state index contributed by atoms with van der Waals surface area (Å²) in [6.45, 7) is -10.0. The normalized spacial score (nSPS) is 14.9. The Morgan fingerprint density at radius 3 is 0.771 bits per heavy atom. The number of thioether (sulfide) groups is 1. The molecule has 626 valence electrons. The van der Waals surface area contributed by atoms with E-state index in [0.29, 0.717) is 46.6 Å². The standard InChI is InChI=1S/C59H93F21O24S/c1-42(32-99-38-51(60,61)54(66,67)57(72,73)74)102-46(81)31-45(48(82)103-43(2)33-100-39-52(62,63)55(68,69)58(75,76)77)47(49(83)104-44(3)34-101-40-53(64,65)56(70,71)59(78,79)80)105-41-50(35-96-28-25-93-22-19-90-16-13-87-10-7-84-4,36-97-29-26-94-23-20-91-17-14-88-11-8-85-5)37-98-30-27-95-24-21-92-18-15-89-12-9-86-6/h42-45,47H,7-41H2,1-6H3. The summed E-state index contributed by atoms with van der Waals surface area (Å²) in [6, 6.07) is 0. The molecule has 0 rings (SSSR count). The van der Waals surface area contributed by atoms with Gasteiger partial charge in [0, 0.05) is 32.5 Å². The van der Waals surface area contributed by atoms with Crippen molar-refractivity contribution in [1.82, 2.24) is 0 Å². The monoisotopic (exact) mass is 1620 g/mol. The molecule has 0 radical (unpaired) electrons. The average molecular weight is 1620 g/mol. The van der Waals surface area contributed by atoms with E-state index >= 15 is 0 Å². The molecule has 5 unspecified atom stereocenters. The predicted octanol–water partition coefficient (Wildman–Crippen LogP) is 8.56. The van der Waals surface area contributed by atoms with Crippen LogP contribution in [0.5, 0.6) is 0 Å². The summed E-state index contributed by atoms with van der Waals surface area (Å²) in [5, 5.41) is -2.43. The highest BCUT2D eigenvalue weighted by Crippen LogP contribution is 2.49. The van der Waals surface area contributed by atoms with Crippen LogP contribution in [0.4, 0.5) is 92.2 Å². The summed E-state index contributed by atoms with van der Waals surface area (Å²) in [5.41, 5.74) is -1.70. The summed E-state index contributed by atoms with van der Waals surface area (Å²) in [6.07, 6.45) is -28.3. The first-order valence-electron chi connectivity index (χ1n) is 31.8. The van der Waals surface area contributed by atoms with E-state index in [0.717, 1.165) is 13.8 Å². The van der Waals surface area contributed by atoms with Gasteiger partial charge in [-0.3, -0.25) is 14.4 Å². The predicted molar refractivity (Wildman–Crippen MR) is 319 cm³/mol. The van der Waals surface area contributed by atoms with Crippen LogP contribution in [-0.2, 0) is 114 Å². The van der Waals surface area contributed by atoms with E-state index in [2.05, 4.69) is 14.2 Å². The smallest absolute Gasteiger partial charge is 0.459 e. The summed E-state index contributed by atoms with van der Waals surface area (Å²) in [4.78, 5) is 43.0. The van der Waals surface area contributed by atoms with Crippen molar-refractivity contribution in [3.05, 3.63) is 0 Å². The first kappa shape index (κ1) is 102. The second-order valence-electron chi connectivity index (χ2n) is 22.4. The van der Waals surface area contributed by atoms with E-state index in [9.17, 15) is 107 Å². The van der Waals surface area contributed by atoms with E-state index in [1.54, 1.807) is 0 Å². The van der Waals surface area contributed by atoms with E-state index in [1.165, 1.54) is 21.3 Å². The number of hydrogen-bond donors (Lipinski definition) is 0. The van der Waals surface area contributed by atoms with Crippen LogP contribution in [-0.4, -0.2) is 341 Å². The molecule has 0 aliphatic carbocycles. The number of carbonyl (C=O) groups is 3. The Hall–Kier alpha value is -3.43. The van der Waals surface area contributed by atoms with Crippen molar-refractivity contribution in [3.8, 4) is 0 Å². The fourth-order valence-electron chi connectivity index (χ4n) is 7.51. The minimum Gasteiger partial charge on any atom is -0.460 e. The van der Waals surface area contributed by atoms with Crippen LogP contribution in [0, 0.1) is 11.3 Å². The van der Waals surface area contributed by atoms with Crippen molar-refractivity contribution in [1.29, 1.82) is 0 Å². The van der Waals surface area contributed by atoms with Gasteiger partial charge in [0.05, 0.1) is 211 Å². The zero-order valence-electron chi connectivity index (χ0n) is 58.3. The number of esters is 3. The summed E-state index contributed by atoms with van der Waals surface area (Å²) in [7, 11) is 4.42. The highest BCUT2D eigenvalue weighted by Gasteiger charge is 2.75. The molecule has 0 aliphatic heterocycles. The zero-order chi connectivity index (χ0) is 79.9. The van der Waals surface area contributed by atoms with Gasteiger partial charge in [-0.15, -0.1) is 11.8 Å². The molecule has 5 atom stereocenters. The van der Waals surface area contributed by atoms with Gasteiger partial charge >= 0.3 is 72.0 Å². The van der Waals surface area contributed by atoms with Gasteiger partial charge in [-0.05, 0) is 20.8 Å². The highest BCUT2D eigenvalue weighted by molar-refractivity contribution is 8.00. The Morgan fingerprint density at radius 1 is 0.295 bits per heavy atom. The molecule has 0 N–H and O–H groups in total. The van der Waals surface area contributed by atoms with Gasteiger partial charge in [-0.2, -0.15) is 92.2 Å². The maximum Gasteiger partial charge on any atom is 0.459 e. The molecule has 0 aromatic carbocycles. The van der Waals surface area contributed by atoms with Crippen molar-refractivity contribution in [3.63, 3.8) is 0 Å². The number of alkyl halides is 21. The highest BCUT2D eigenvalue weighted by atomic mass is 32.2. The first-order chi connectivity index (χ1) is 49.0. The molecular formula is C59H93F21O24S. The van der Waals surface area contributed by atoms with Crippen LogP contribution in [0.2, 0.25) is 0 Å². The lowest BCUT2D eigenvalue weighted by Gasteiger charge is -2.35. The van der Waals surface area contributed by atoms with Crippen LogP contribution < -0.4 is 0 Å². The molecule has 0 saturated carbocycles. The van der Waals surface area contributed by atoms with Gasteiger partial charge in [-0.1, -0.05) is 0 Å². The number of halogens is 21. The third-order valence-electron chi connectivity index (χ3n) is 13.0. The molecule has 105 heavy (non-hydrogen) atoms. The molecular weight excluding hydrogens is 1520 g/mol. The summed E-state index contributed by atoms with van der Waals surface area (Å²) >= 11 is 0.247. The summed E-state index contributed by atoms with van der Waals surface area (Å²) < 4.78 is 395. The van der Waals surface area contributed by atoms with Crippen LogP contribution in [0.25, 0.3) is 0 Å². The maximum atomic E-state index is 14.7. The largest absolute Gasteiger partial charge is 0.460 e. The Morgan fingerprint density at radius 2 is 0.524 bits per heavy atom. The van der Waals surface area contributed by atoms with Crippen LogP contribution in [0.3, 0.4) is 0 Å². The molecule has 0 aliphatic rings. The van der Waals surface area contributed by atoms with Crippen molar-refractivity contribution >= 4 is 29.7 Å². The number of hydrogen-bond acceptors (Lipinski definition) is 25. The van der Waals surface area contributed by atoms with Crippen LogP contribution in [0.15, 0.2) is 0 Å². The topological polar surface area (TPSA) is 245 Å². The molecule has 0 aromatic rings. The fourth-order valence-corrected chi connectivity index (χ4v) is 8.92. The second-order valence-corrected chi connectivity index (χ2v) is 23.5. The second kappa shape index (κ2) is 52.7. The number of carbonyl (C=O) groups excluding carboxylic acids is 3. The molecule has 0 fully saturated rings. The lowest BCUT2D eigenvalue weighted by atomic mass is 9.93. The summed E-state index contributed by atoms with van der Waals surface area (Å²) in [5.74, 6) is -46.8. The van der Waals surface area contributed by atoms with Gasteiger partial charge in [0.25, 0.3) is 0 Å². The number of ether oxygens (including phenoxy) is 21. The Bertz CT molecular complexity index is 2180. The third kappa shape index (κ3) is 41.4. The quantitative estimate of drug-likeness (QED) is 0.0239. The number of rotatable bonds is 68. The van der Waals surface area contributed by atoms with Crippen LogP contribution in [0.1, 0.15) is 27.2 Å². The average Bonchev–Trinajstić information content (AvgIpc) is 0.795. The maximum absolute atomic E-state index is 14.7. The Labute approximate surface area is 595 Å². The molecule has 0 heterocycles. The van der Waals surface area contributed by atoms with Gasteiger partial charge in [-0.25, -0.2) is 0 Å². The zero-order valence-corrected chi connectivity index (χ0v) is 59.1. The molecule has 0 spiro atoms. The molecule has 0 amide bonds. The lowest BCUT2D eigenvalue weighted by Crippen LogP contribution is -2.54. The minimum atomic E-state index is -6.85. The minimum absolute atomic E-state index is 0.00146. The molecule has 46 heteroatoms. The van der Waals surface area contributed by atoms with Crippen LogP contribution >= 0.6 is 11.8 Å². The SMILES string of the molecule is COCCOCCOCCOCCOCC(COCCOCCOCCOCCOC)(COCCOCCOCCOCCOC)CSC(C(=O)OC(C)COCC(F)(F)C(F)(F)C(F)(F)F)C(CC(=O)OC(C)COCC(F)(F)C(F)(F)C(F)(F)F)C(=O)OC(C)COCC(F)(F)C(F)(F)C(F)(F)F. The van der Waals surface area contributed by atoms with E-state index in [4.69, 9.17) is 85.3 Å². The molecule has 24 nitrogen and oxygen atoms in total. The molecule has 0 bridgehead atoms. The van der Waals surface area contributed by atoms with Crippen molar-refractivity contribution in [2.24, 2.45) is 11.3 Å².